The molecule has 6 heteroatoms. The first-order valence-electron chi connectivity index (χ1n) is 11.1. The van der Waals surface area contributed by atoms with Gasteiger partial charge in [0.2, 0.25) is 10.4 Å². The van der Waals surface area contributed by atoms with E-state index in [0.29, 0.717) is 0 Å². The van der Waals surface area contributed by atoms with Crippen LogP contribution in [0, 0.1) is 0 Å². The van der Waals surface area contributed by atoms with Gasteiger partial charge >= 0.3 is 0 Å². The lowest BCUT2D eigenvalue weighted by Crippen LogP contribution is -2.41. The van der Waals surface area contributed by atoms with Crippen LogP contribution in [-0.2, 0) is 10.4 Å². The summed E-state index contributed by atoms with van der Waals surface area (Å²) in [6, 6.07) is 0. The maximum atomic E-state index is 8.63. The minimum absolute atomic E-state index is 1.24. The second-order valence-electron chi connectivity index (χ2n) is 8.41. The molecular formula is C21H47NO4S. The highest BCUT2D eigenvalue weighted by atomic mass is 32.3. The second kappa shape index (κ2) is 19.2. The molecule has 0 aliphatic carbocycles. The summed E-state index contributed by atoms with van der Waals surface area (Å²) in [5.41, 5.74) is 0. The fraction of sp³-hybridized carbons (Fsp3) is 1.00. The summed E-state index contributed by atoms with van der Waals surface area (Å²) in [7, 11) is -0.0684. The summed E-state index contributed by atoms with van der Waals surface area (Å²) >= 11 is 0. The van der Waals surface area contributed by atoms with Crippen molar-refractivity contribution < 1.29 is 22.0 Å². The molecule has 0 saturated heterocycles. The van der Waals surface area contributed by atoms with Crippen molar-refractivity contribution >= 4 is 10.4 Å². The van der Waals surface area contributed by atoms with E-state index in [2.05, 4.69) is 27.9 Å². The smallest absolute Gasteiger partial charge is 0.215 e. The van der Waals surface area contributed by atoms with Crippen LogP contribution in [0.25, 0.3) is 0 Å². The van der Waals surface area contributed by atoms with Gasteiger partial charge in [-0.15, -0.1) is 0 Å². The Morgan fingerprint density at radius 3 is 1.11 bits per heavy atom. The van der Waals surface area contributed by atoms with Crippen molar-refractivity contribution in [3.63, 3.8) is 0 Å². The molecule has 0 aromatic heterocycles. The van der Waals surface area contributed by atoms with E-state index < -0.39 is 10.4 Å². The van der Waals surface area contributed by atoms with Crippen LogP contribution in [-0.4, -0.2) is 49.2 Å². The third kappa shape index (κ3) is 33.8. The molecule has 0 radical (unpaired) electrons. The van der Waals surface area contributed by atoms with Gasteiger partial charge in [-0.3, -0.25) is 4.55 Å². The van der Waals surface area contributed by atoms with Gasteiger partial charge in [-0.2, -0.15) is 0 Å². The number of hydrogen-bond acceptors (Lipinski definition) is 3. The Morgan fingerprint density at radius 2 is 0.852 bits per heavy atom. The van der Waals surface area contributed by atoms with Crippen LogP contribution >= 0.6 is 0 Å². The van der Waals surface area contributed by atoms with Gasteiger partial charge in [-0.25, -0.2) is 8.42 Å². The highest BCUT2D eigenvalue weighted by molar-refractivity contribution is 7.79. The zero-order valence-corrected chi connectivity index (χ0v) is 19.4. The van der Waals surface area contributed by atoms with Gasteiger partial charge in [0.25, 0.3) is 0 Å². The Kier molecular flexibility index (Phi) is 20.6. The second-order valence-corrected chi connectivity index (χ2v) is 9.26. The lowest BCUT2D eigenvalue weighted by Gasteiger charge is -2.30. The Bertz CT molecular complexity index is 389. The molecule has 5 nitrogen and oxygen atoms in total. The van der Waals surface area contributed by atoms with Gasteiger partial charge < -0.3 is 9.04 Å². The van der Waals surface area contributed by atoms with Crippen molar-refractivity contribution in [3.05, 3.63) is 0 Å². The van der Waals surface area contributed by atoms with Crippen molar-refractivity contribution in [2.24, 2.45) is 0 Å². The summed E-state index contributed by atoms with van der Waals surface area (Å²) in [5, 5.41) is 0. The molecule has 0 amide bonds. The molecule has 0 spiro atoms. The quantitative estimate of drug-likeness (QED) is 0.139. The van der Waals surface area contributed by atoms with Crippen LogP contribution in [0.5, 0.6) is 0 Å². The summed E-state index contributed by atoms with van der Waals surface area (Å²) in [6.45, 7) is 7.35. The van der Waals surface area contributed by atoms with Crippen LogP contribution in [0.1, 0.15) is 110 Å². The summed E-state index contributed by atoms with van der Waals surface area (Å²) < 4.78 is 34.1. The molecule has 0 rings (SSSR count). The molecule has 0 aliphatic heterocycles. The normalized spacial score (nSPS) is 11.9. The van der Waals surface area contributed by atoms with Gasteiger partial charge in [-0.1, -0.05) is 84.5 Å². The Labute approximate surface area is 170 Å². The molecule has 0 saturated carbocycles. The van der Waals surface area contributed by atoms with Crippen LogP contribution in [0.15, 0.2) is 0 Å². The predicted octanol–water partition coefficient (Wildman–Crippen LogP) is 5.96. The van der Waals surface area contributed by atoms with Crippen molar-refractivity contribution in [2.45, 2.75) is 110 Å². The van der Waals surface area contributed by atoms with Crippen molar-refractivity contribution in [3.8, 4) is 0 Å². The topological polar surface area (TPSA) is 77.4 Å². The molecule has 0 unspecified atom stereocenters. The first-order chi connectivity index (χ1) is 12.6. The molecule has 0 atom stereocenters. The van der Waals surface area contributed by atoms with Gasteiger partial charge in [-0.05, 0) is 25.7 Å². The van der Waals surface area contributed by atoms with Gasteiger partial charge in [0.15, 0.2) is 0 Å². The van der Waals surface area contributed by atoms with E-state index in [1.807, 2.05) is 0 Å². The van der Waals surface area contributed by atoms with Gasteiger partial charge in [0, 0.05) is 0 Å². The standard InChI is InChI=1S/C21H46N.H2O4S/c1-5-7-9-11-12-13-14-15-17-19-21-22(3,4)20-18-16-10-8-6-2;1-5(2,3)4/h5-21H2,1-4H3;(H2,1,2,3,4)/q+1;/p-1. The number of hydrogen-bond donors (Lipinski definition) is 1. The number of nitrogens with zero attached hydrogens (tertiary/aromatic N) is 1. The molecule has 27 heavy (non-hydrogen) atoms. The van der Waals surface area contributed by atoms with Crippen LogP contribution < -0.4 is 0 Å². The fourth-order valence-corrected chi connectivity index (χ4v) is 3.28. The number of unbranched alkanes of at least 4 members (excludes halogenated alkanes) is 13. The summed E-state index contributed by atoms with van der Waals surface area (Å²) in [4.78, 5) is 0. The highest BCUT2D eigenvalue weighted by Crippen LogP contribution is 2.12. The predicted molar refractivity (Wildman–Crippen MR) is 115 cm³/mol. The SMILES string of the molecule is CCCCCCCCCCCC[N+](C)(C)CCCCCCC.O=S(=O)([O-])O. The van der Waals surface area contributed by atoms with E-state index >= 15 is 0 Å². The maximum absolute atomic E-state index is 8.63. The minimum atomic E-state index is -4.92. The van der Waals surface area contributed by atoms with Crippen molar-refractivity contribution in [1.82, 2.24) is 0 Å². The zero-order chi connectivity index (χ0) is 21.0. The average Bonchev–Trinajstić information content (AvgIpc) is 2.55. The maximum Gasteiger partial charge on any atom is 0.215 e. The monoisotopic (exact) mass is 409 g/mol. The van der Waals surface area contributed by atoms with E-state index in [1.165, 1.54) is 114 Å². The third-order valence-corrected chi connectivity index (χ3v) is 4.98. The van der Waals surface area contributed by atoms with E-state index in [-0.39, 0.29) is 0 Å². The fourth-order valence-electron chi connectivity index (χ4n) is 3.28. The number of rotatable bonds is 17. The summed E-state index contributed by atoms with van der Waals surface area (Å²) in [5.74, 6) is 0. The van der Waals surface area contributed by atoms with E-state index in [9.17, 15) is 0 Å². The molecule has 0 bridgehead atoms. The molecule has 0 aromatic rings. The molecule has 1 N–H and O–H groups in total. The molecule has 0 heterocycles. The third-order valence-electron chi connectivity index (χ3n) is 4.98. The molecule has 0 aliphatic rings. The largest absolute Gasteiger partial charge is 0.726 e. The summed E-state index contributed by atoms with van der Waals surface area (Å²) in [6.07, 6.45) is 21.6. The van der Waals surface area contributed by atoms with Crippen molar-refractivity contribution in [2.75, 3.05) is 27.2 Å². The molecular weight excluding hydrogens is 362 g/mol. The first-order valence-corrected chi connectivity index (χ1v) is 12.5. The van der Waals surface area contributed by atoms with Crippen LogP contribution in [0.3, 0.4) is 0 Å². The lowest BCUT2D eigenvalue weighted by atomic mass is 10.1. The average molecular weight is 410 g/mol. The Balaban J connectivity index is 0. The molecule has 0 fully saturated rings. The van der Waals surface area contributed by atoms with E-state index in [1.54, 1.807) is 0 Å². The lowest BCUT2D eigenvalue weighted by molar-refractivity contribution is -0.890. The molecule has 166 valence electrons. The van der Waals surface area contributed by atoms with E-state index in [0.717, 1.165) is 0 Å². The molecule has 0 aromatic carbocycles. The van der Waals surface area contributed by atoms with Gasteiger partial charge in [0.1, 0.15) is 0 Å². The Morgan fingerprint density at radius 1 is 0.630 bits per heavy atom. The van der Waals surface area contributed by atoms with Gasteiger partial charge in [0.05, 0.1) is 27.2 Å². The van der Waals surface area contributed by atoms with Crippen LogP contribution in [0.2, 0.25) is 0 Å². The Hall–Kier alpha value is -0.170. The van der Waals surface area contributed by atoms with Crippen molar-refractivity contribution in [1.29, 1.82) is 0 Å². The zero-order valence-electron chi connectivity index (χ0n) is 18.5. The first kappa shape index (κ1) is 29.0. The number of quaternary nitrogens is 1. The highest BCUT2D eigenvalue weighted by Gasteiger charge is 2.13. The minimum Gasteiger partial charge on any atom is -0.726 e. The van der Waals surface area contributed by atoms with E-state index in [4.69, 9.17) is 17.5 Å². The van der Waals surface area contributed by atoms with Crippen LogP contribution in [0.4, 0.5) is 0 Å².